The quantitative estimate of drug-likeness (QED) is 0.626. The summed E-state index contributed by atoms with van der Waals surface area (Å²) in [5, 5.41) is 6.53. The van der Waals surface area contributed by atoms with E-state index in [1.807, 2.05) is 14.0 Å². The van der Waals surface area contributed by atoms with Crippen molar-refractivity contribution in [3.05, 3.63) is 36.9 Å². The summed E-state index contributed by atoms with van der Waals surface area (Å²) in [4.78, 5) is 12.6. The molecule has 0 aromatic carbocycles. The highest BCUT2D eigenvalue weighted by Gasteiger charge is 2.08. The van der Waals surface area contributed by atoms with Crippen molar-refractivity contribution in [1.82, 2.24) is 15.2 Å². The van der Waals surface area contributed by atoms with E-state index in [2.05, 4.69) is 55.6 Å². The zero-order valence-electron chi connectivity index (χ0n) is 12.4. The molecule has 114 valence electrons. The summed E-state index contributed by atoms with van der Waals surface area (Å²) in [6, 6.07) is 4.16. The Labute approximate surface area is 142 Å². The molecule has 2 aromatic heterocycles. The number of thiazole rings is 1. The summed E-state index contributed by atoms with van der Waals surface area (Å²) >= 11 is 6.88. The Balaban J connectivity index is 2.02. The topological polar surface area (TPSA) is 40.5 Å². The first kappa shape index (κ1) is 16.5. The third-order valence-corrected chi connectivity index (χ3v) is 5.21. The molecule has 1 N–H and O–H groups in total. The van der Waals surface area contributed by atoms with E-state index in [9.17, 15) is 0 Å². The average molecular weight is 387 g/mol. The van der Waals surface area contributed by atoms with Gasteiger partial charge in [-0.25, -0.2) is 9.98 Å². The first-order valence-corrected chi connectivity index (χ1v) is 9.22. The lowest BCUT2D eigenvalue weighted by atomic mass is 10.4. The molecule has 2 rings (SSSR count). The normalized spacial score (nSPS) is 11.7. The lowest BCUT2D eigenvalue weighted by Gasteiger charge is -2.21. The molecule has 0 fully saturated rings. The highest BCUT2D eigenvalue weighted by atomic mass is 79.9. The number of hydrogen-bond donors (Lipinski definition) is 1. The van der Waals surface area contributed by atoms with Crippen LogP contribution in [0.25, 0.3) is 0 Å². The Morgan fingerprint density at radius 2 is 2.29 bits per heavy atom. The molecule has 0 aliphatic carbocycles. The van der Waals surface area contributed by atoms with Crippen molar-refractivity contribution in [3.63, 3.8) is 0 Å². The van der Waals surface area contributed by atoms with E-state index in [0.29, 0.717) is 6.54 Å². The molecule has 4 nitrogen and oxygen atoms in total. The van der Waals surface area contributed by atoms with Gasteiger partial charge in [-0.2, -0.15) is 0 Å². The minimum Gasteiger partial charge on any atom is -0.357 e. The Kier molecular flexibility index (Phi) is 6.20. The lowest BCUT2D eigenvalue weighted by molar-refractivity contribution is 0.471. The highest BCUT2D eigenvalue weighted by molar-refractivity contribution is 9.11. The molecule has 0 unspecified atom stereocenters. The van der Waals surface area contributed by atoms with Gasteiger partial charge >= 0.3 is 0 Å². The molecule has 0 atom stereocenters. The Morgan fingerprint density at radius 1 is 1.48 bits per heavy atom. The van der Waals surface area contributed by atoms with Crippen molar-refractivity contribution >= 4 is 44.6 Å². The van der Waals surface area contributed by atoms with Gasteiger partial charge in [-0.1, -0.05) is 0 Å². The zero-order valence-corrected chi connectivity index (χ0v) is 15.6. The fourth-order valence-corrected chi connectivity index (χ4v) is 3.87. The highest BCUT2D eigenvalue weighted by Crippen LogP contribution is 2.22. The Bertz CT molecular complexity index is 606. The second-order valence-corrected chi connectivity index (χ2v) is 8.20. The predicted molar refractivity (Wildman–Crippen MR) is 95.2 cm³/mol. The van der Waals surface area contributed by atoms with Crippen LogP contribution >= 0.6 is 38.6 Å². The molecule has 2 aromatic rings. The van der Waals surface area contributed by atoms with Crippen molar-refractivity contribution in [3.8, 4) is 0 Å². The van der Waals surface area contributed by atoms with Crippen molar-refractivity contribution < 1.29 is 0 Å². The van der Waals surface area contributed by atoms with E-state index >= 15 is 0 Å². The van der Waals surface area contributed by atoms with E-state index < -0.39 is 0 Å². The number of thiophene rings is 1. The molecular formula is C14H19BrN4S2. The van der Waals surface area contributed by atoms with Crippen LogP contribution in [-0.2, 0) is 13.1 Å². The molecule has 0 amide bonds. The second kappa shape index (κ2) is 7.91. The zero-order chi connectivity index (χ0) is 15.2. The predicted octanol–water partition coefficient (Wildman–Crippen LogP) is 3.87. The number of aryl methyl sites for hydroxylation is 1. The van der Waals surface area contributed by atoms with Crippen LogP contribution in [0, 0.1) is 6.92 Å². The molecular weight excluding hydrogens is 368 g/mol. The summed E-state index contributed by atoms with van der Waals surface area (Å²) in [5.74, 6) is 0.910. The number of nitrogens with one attached hydrogen (secondary N) is 1. The standard InChI is InChI=1S/C14H19BrN4S2/c1-4-16-14(17-7-12-5-6-13(15)21-12)19(3)8-11-9-20-10(2)18-11/h5-6,9H,4,7-8H2,1-3H3,(H,16,17). The van der Waals surface area contributed by atoms with Gasteiger partial charge in [0.05, 0.1) is 27.6 Å². The van der Waals surface area contributed by atoms with Crippen LogP contribution in [0.15, 0.2) is 26.3 Å². The van der Waals surface area contributed by atoms with Crippen molar-refractivity contribution in [1.29, 1.82) is 0 Å². The third-order valence-electron chi connectivity index (χ3n) is 2.78. The molecule has 0 aliphatic rings. The molecule has 0 saturated carbocycles. The van der Waals surface area contributed by atoms with Crippen LogP contribution in [0.3, 0.4) is 0 Å². The molecule has 2 heterocycles. The number of hydrogen-bond acceptors (Lipinski definition) is 4. The van der Waals surface area contributed by atoms with Gasteiger partial charge in [0.1, 0.15) is 0 Å². The van der Waals surface area contributed by atoms with Gasteiger partial charge in [0.25, 0.3) is 0 Å². The summed E-state index contributed by atoms with van der Waals surface area (Å²) in [7, 11) is 2.04. The van der Waals surface area contributed by atoms with Crippen LogP contribution in [0.1, 0.15) is 22.5 Å². The third kappa shape index (κ3) is 5.09. The van der Waals surface area contributed by atoms with Crippen molar-refractivity contribution in [2.45, 2.75) is 26.9 Å². The van der Waals surface area contributed by atoms with Gasteiger partial charge in [-0.15, -0.1) is 22.7 Å². The van der Waals surface area contributed by atoms with Gasteiger partial charge in [0, 0.05) is 23.8 Å². The largest absolute Gasteiger partial charge is 0.357 e. The van der Waals surface area contributed by atoms with Gasteiger partial charge < -0.3 is 10.2 Å². The van der Waals surface area contributed by atoms with Gasteiger partial charge in [0.2, 0.25) is 0 Å². The van der Waals surface area contributed by atoms with Gasteiger partial charge in [0.15, 0.2) is 5.96 Å². The smallest absolute Gasteiger partial charge is 0.194 e. The van der Waals surface area contributed by atoms with Crippen molar-refractivity contribution in [2.24, 2.45) is 4.99 Å². The first-order chi connectivity index (χ1) is 10.1. The summed E-state index contributed by atoms with van der Waals surface area (Å²) in [6.07, 6.45) is 0. The van der Waals surface area contributed by atoms with E-state index in [0.717, 1.165) is 33.5 Å². The monoisotopic (exact) mass is 386 g/mol. The number of aliphatic imine (C=N–C) groups is 1. The van der Waals surface area contributed by atoms with Crippen molar-refractivity contribution in [2.75, 3.05) is 13.6 Å². The molecule has 21 heavy (non-hydrogen) atoms. The van der Waals surface area contributed by atoms with Crippen LogP contribution < -0.4 is 5.32 Å². The van der Waals surface area contributed by atoms with Gasteiger partial charge in [-0.05, 0) is 41.9 Å². The minimum absolute atomic E-state index is 0.693. The number of halogens is 1. The van der Waals surface area contributed by atoms with Gasteiger partial charge in [-0.3, -0.25) is 0 Å². The molecule has 0 aliphatic heterocycles. The van der Waals surface area contributed by atoms with E-state index in [1.54, 1.807) is 22.7 Å². The lowest BCUT2D eigenvalue weighted by Crippen LogP contribution is -2.38. The molecule has 0 saturated heterocycles. The number of guanidine groups is 1. The Morgan fingerprint density at radius 3 is 2.86 bits per heavy atom. The van der Waals surface area contributed by atoms with Crippen LogP contribution in [0.2, 0.25) is 0 Å². The van der Waals surface area contributed by atoms with E-state index in [-0.39, 0.29) is 0 Å². The number of rotatable bonds is 5. The molecule has 0 spiro atoms. The Hall–Kier alpha value is -0.920. The number of aromatic nitrogens is 1. The summed E-state index contributed by atoms with van der Waals surface area (Å²) < 4.78 is 1.14. The average Bonchev–Trinajstić information content (AvgIpc) is 3.03. The maximum absolute atomic E-state index is 4.70. The minimum atomic E-state index is 0.693. The first-order valence-electron chi connectivity index (χ1n) is 6.73. The maximum atomic E-state index is 4.70. The summed E-state index contributed by atoms with van der Waals surface area (Å²) in [5.41, 5.74) is 1.09. The molecule has 0 bridgehead atoms. The van der Waals surface area contributed by atoms with E-state index in [4.69, 9.17) is 4.99 Å². The van der Waals surface area contributed by atoms with E-state index in [1.165, 1.54) is 4.88 Å². The van der Waals surface area contributed by atoms with Crippen LogP contribution in [0.4, 0.5) is 0 Å². The fraction of sp³-hybridized carbons (Fsp3) is 0.429. The van der Waals surface area contributed by atoms with Crippen LogP contribution in [0.5, 0.6) is 0 Å². The number of nitrogens with zero attached hydrogens (tertiary/aromatic N) is 3. The summed E-state index contributed by atoms with van der Waals surface area (Å²) in [6.45, 7) is 6.43. The molecule has 0 radical (unpaired) electrons. The fourth-order valence-electron chi connectivity index (χ4n) is 1.86. The van der Waals surface area contributed by atoms with Crippen LogP contribution in [-0.4, -0.2) is 29.4 Å². The maximum Gasteiger partial charge on any atom is 0.194 e. The second-order valence-electron chi connectivity index (χ2n) is 4.59. The molecule has 7 heteroatoms. The SMILES string of the molecule is CCNC(=NCc1ccc(Br)s1)N(C)Cc1csc(C)n1.